The highest BCUT2D eigenvalue weighted by Crippen LogP contribution is 2.61. The van der Waals surface area contributed by atoms with Crippen LogP contribution < -0.4 is 5.32 Å². The molecule has 0 bridgehead atoms. The molecule has 3 aliphatic rings. The molecule has 0 aromatic carbocycles. The van der Waals surface area contributed by atoms with Crippen LogP contribution in [-0.2, 0) is 4.79 Å². The number of amides is 1. The van der Waals surface area contributed by atoms with Gasteiger partial charge in [-0.25, -0.2) is 0 Å². The van der Waals surface area contributed by atoms with Crippen LogP contribution in [0.5, 0.6) is 0 Å². The van der Waals surface area contributed by atoms with Gasteiger partial charge in [0.1, 0.15) is 0 Å². The number of rotatable bonds is 5. The summed E-state index contributed by atoms with van der Waals surface area (Å²) >= 11 is 0. The number of carbonyl (C=O) groups excluding carboxylic acids is 1. The lowest BCUT2D eigenvalue weighted by Crippen LogP contribution is -2.47. The average molecular weight is 249 g/mol. The van der Waals surface area contributed by atoms with Crippen LogP contribution in [0.15, 0.2) is 0 Å². The van der Waals surface area contributed by atoms with E-state index in [0.29, 0.717) is 11.9 Å². The minimum absolute atomic E-state index is 0.0764. The predicted molar refractivity (Wildman–Crippen MR) is 73.1 cm³/mol. The lowest BCUT2D eigenvalue weighted by Gasteiger charge is -2.33. The third-order valence-corrected chi connectivity index (χ3v) is 5.22. The first-order valence-electron chi connectivity index (χ1n) is 7.73. The van der Waals surface area contributed by atoms with Gasteiger partial charge < -0.3 is 5.32 Å². The summed E-state index contributed by atoms with van der Waals surface area (Å²) in [5.41, 5.74) is 0.269. The first-order chi connectivity index (χ1) is 8.42. The van der Waals surface area contributed by atoms with Crippen molar-refractivity contribution < 1.29 is 4.79 Å². The van der Waals surface area contributed by atoms with Crippen LogP contribution in [0, 0.1) is 22.7 Å². The van der Waals surface area contributed by atoms with Crippen LogP contribution in [0.4, 0.5) is 0 Å². The Bertz CT molecular complexity index is 343. The van der Waals surface area contributed by atoms with Gasteiger partial charge in [0.25, 0.3) is 0 Å². The van der Waals surface area contributed by atoms with Crippen molar-refractivity contribution in [3.05, 3.63) is 0 Å². The van der Waals surface area contributed by atoms with Crippen LogP contribution in [0.3, 0.4) is 0 Å². The fourth-order valence-corrected chi connectivity index (χ4v) is 3.21. The summed E-state index contributed by atoms with van der Waals surface area (Å²) in [5.74, 6) is 1.98. The van der Waals surface area contributed by atoms with E-state index >= 15 is 0 Å². The second-order valence-corrected chi connectivity index (χ2v) is 8.00. The van der Waals surface area contributed by atoms with Gasteiger partial charge in [-0.2, -0.15) is 0 Å². The van der Waals surface area contributed by atoms with Gasteiger partial charge in [-0.15, -0.1) is 0 Å². The third-order valence-electron chi connectivity index (χ3n) is 5.22. The second kappa shape index (κ2) is 3.98. The Labute approximate surface area is 111 Å². The molecule has 2 heteroatoms. The summed E-state index contributed by atoms with van der Waals surface area (Å²) in [7, 11) is 0. The Hall–Kier alpha value is -0.530. The summed E-state index contributed by atoms with van der Waals surface area (Å²) in [6.07, 6.45) is 8.79. The molecule has 3 aliphatic carbocycles. The Kier molecular flexibility index (Phi) is 2.76. The van der Waals surface area contributed by atoms with E-state index in [0.717, 1.165) is 24.7 Å². The van der Waals surface area contributed by atoms with Gasteiger partial charge >= 0.3 is 0 Å². The standard InChI is InChI=1S/C16H27NO/c1-15(2,3)13(10-11-4-5-11)17-14(18)16(8-9-16)12-6-7-12/h11-13H,4-10H2,1-3H3,(H,17,18). The normalized spacial score (nSPS) is 27.7. The number of hydrogen-bond donors (Lipinski definition) is 1. The van der Waals surface area contributed by atoms with Gasteiger partial charge in [-0.05, 0) is 49.4 Å². The van der Waals surface area contributed by atoms with Crippen molar-refractivity contribution in [2.45, 2.75) is 71.8 Å². The SMILES string of the molecule is CC(C)(C)C(CC1CC1)NC(=O)C1(C2CC2)CC1. The lowest BCUT2D eigenvalue weighted by molar-refractivity contribution is -0.128. The molecule has 0 radical (unpaired) electrons. The van der Waals surface area contributed by atoms with Gasteiger partial charge in [0.2, 0.25) is 5.91 Å². The Morgan fingerprint density at radius 1 is 1.22 bits per heavy atom. The van der Waals surface area contributed by atoms with Crippen molar-refractivity contribution >= 4 is 5.91 Å². The van der Waals surface area contributed by atoms with E-state index in [1.54, 1.807) is 0 Å². The van der Waals surface area contributed by atoms with Crippen molar-refractivity contribution in [2.24, 2.45) is 22.7 Å². The molecule has 1 atom stereocenters. The molecule has 102 valence electrons. The molecule has 1 amide bonds. The van der Waals surface area contributed by atoms with Gasteiger partial charge in [-0.3, -0.25) is 4.79 Å². The summed E-state index contributed by atoms with van der Waals surface area (Å²) in [6, 6.07) is 0.369. The predicted octanol–water partition coefficient (Wildman–Crippen LogP) is 3.51. The van der Waals surface area contributed by atoms with Crippen molar-refractivity contribution in [1.29, 1.82) is 0 Å². The zero-order valence-corrected chi connectivity index (χ0v) is 12.1. The van der Waals surface area contributed by atoms with E-state index in [1.165, 1.54) is 32.1 Å². The van der Waals surface area contributed by atoms with E-state index in [1.807, 2.05) is 0 Å². The lowest BCUT2D eigenvalue weighted by atomic mass is 9.83. The first kappa shape index (κ1) is 12.5. The summed E-state index contributed by atoms with van der Waals surface area (Å²) in [5, 5.41) is 3.41. The molecule has 1 unspecified atom stereocenters. The zero-order valence-electron chi connectivity index (χ0n) is 12.1. The molecule has 0 spiro atoms. The highest BCUT2D eigenvalue weighted by Gasteiger charge is 2.59. The Balaban J connectivity index is 1.62. The van der Waals surface area contributed by atoms with E-state index in [9.17, 15) is 4.79 Å². The first-order valence-corrected chi connectivity index (χ1v) is 7.73. The van der Waals surface area contributed by atoms with Crippen LogP contribution >= 0.6 is 0 Å². The van der Waals surface area contributed by atoms with Gasteiger partial charge in [0.15, 0.2) is 0 Å². The van der Waals surface area contributed by atoms with Gasteiger partial charge in [0.05, 0.1) is 5.41 Å². The average Bonchev–Trinajstić information content (AvgIpc) is 3.11. The number of hydrogen-bond acceptors (Lipinski definition) is 1. The third kappa shape index (κ3) is 2.44. The topological polar surface area (TPSA) is 29.1 Å². The molecule has 0 aliphatic heterocycles. The van der Waals surface area contributed by atoms with Crippen LogP contribution in [0.1, 0.15) is 65.7 Å². The van der Waals surface area contributed by atoms with Crippen molar-refractivity contribution in [3.8, 4) is 0 Å². The molecule has 2 nitrogen and oxygen atoms in total. The molecule has 18 heavy (non-hydrogen) atoms. The molecule has 0 aromatic rings. The quantitative estimate of drug-likeness (QED) is 0.793. The molecule has 0 aromatic heterocycles. The molecule has 3 saturated carbocycles. The minimum atomic E-state index is 0.0764. The van der Waals surface area contributed by atoms with E-state index in [2.05, 4.69) is 26.1 Å². The molecular formula is C16H27NO. The Morgan fingerprint density at radius 3 is 2.22 bits per heavy atom. The fraction of sp³-hybridized carbons (Fsp3) is 0.938. The largest absolute Gasteiger partial charge is 0.352 e. The smallest absolute Gasteiger partial charge is 0.226 e. The maximum absolute atomic E-state index is 12.6. The van der Waals surface area contributed by atoms with Crippen LogP contribution in [0.2, 0.25) is 0 Å². The fourth-order valence-electron chi connectivity index (χ4n) is 3.21. The molecule has 0 heterocycles. The summed E-state index contributed by atoms with van der Waals surface area (Å²) < 4.78 is 0. The van der Waals surface area contributed by atoms with E-state index in [-0.39, 0.29) is 10.8 Å². The Morgan fingerprint density at radius 2 is 1.83 bits per heavy atom. The molecule has 1 N–H and O–H groups in total. The number of nitrogens with one attached hydrogen (secondary N) is 1. The van der Waals surface area contributed by atoms with Crippen molar-refractivity contribution in [2.75, 3.05) is 0 Å². The van der Waals surface area contributed by atoms with Crippen LogP contribution in [-0.4, -0.2) is 11.9 Å². The van der Waals surface area contributed by atoms with Crippen molar-refractivity contribution in [3.63, 3.8) is 0 Å². The highest BCUT2D eigenvalue weighted by atomic mass is 16.2. The minimum Gasteiger partial charge on any atom is -0.352 e. The highest BCUT2D eigenvalue weighted by molar-refractivity contribution is 5.86. The van der Waals surface area contributed by atoms with Gasteiger partial charge in [-0.1, -0.05) is 33.6 Å². The van der Waals surface area contributed by atoms with Crippen LogP contribution in [0.25, 0.3) is 0 Å². The summed E-state index contributed by atoms with van der Waals surface area (Å²) in [4.78, 5) is 12.6. The van der Waals surface area contributed by atoms with Crippen molar-refractivity contribution in [1.82, 2.24) is 5.32 Å². The maximum Gasteiger partial charge on any atom is 0.226 e. The molecule has 3 rings (SSSR count). The monoisotopic (exact) mass is 249 g/mol. The van der Waals surface area contributed by atoms with Gasteiger partial charge in [0, 0.05) is 6.04 Å². The summed E-state index contributed by atoms with van der Waals surface area (Å²) in [6.45, 7) is 6.78. The molecule has 3 fully saturated rings. The maximum atomic E-state index is 12.6. The van der Waals surface area contributed by atoms with E-state index < -0.39 is 0 Å². The molecular weight excluding hydrogens is 222 g/mol. The molecule has 0 saturated heterocycles. The second-order valence-electron chi connectivity index (χ2n) is 8.00. The number of carbonyl (C=O) groups is 1. The van der Waals surface area contributed by atoms with E-state index in [4.69, 9.17) is 0 Å². The zero-order chi connectivity index (χ0) is 13.0.